The fourth-order valence-electron chi connectivity index (χ4n) is 4.11. The van der Waals surface area contributed by atoms with Gasteiger partial charge in [-0.2, -0.15) is 0 Å². The molecule has 3 unspecified atom stereocenters. The zero-order valence-corrected chi connectivity index (χ0v) is 15.5. The molecule has 0 aromatic heterocycles. The summed E-state index contributed by atoms with van der Waals surface area (Å²) in [6, 6.07) is 11.1. The number of aromatic hydroxyl groups is 2. The Balaban J connectivity index is 1.69. The first-order valence-corrected chi connectivity index (χ1v) is 9.30. The molecule has 140 valence electrons. The summed E-state index contributed by atoms with van der Waals surface area (Å²) in [6.07, 6.45) is 4.41. The van der Waals surface area contributed by atoms with E-state index in [0.717, 1.165) is 48.8 Å². The maximum Gasteiger partial charge on any atom is 0.160 e. The van der Waals surface area contributed by atoms with Crippen molar-refractivity contribution in [1.82, 2.24) is 0 Å². The molecule has 26 heavy (non-hydrogen) atoms. The number of aliphatic hydroxyl groups excluding tert-OH is 1. The van der Waals surface area contributed by atoms with Crippen molar-refractivity contribution >= 4 is 0 Å². The van der Waals surface area contributed by atoms with Gasteiger partial charge in [-0.3, -0.25) is 0 Å². The van der Waals surface area contributed by atoms with Crippen molar-refractivity contribution in [2.24, 2.45) is 11.8 Å². The van der Waals surface area contributed by atoms with E-state index >= 15 is 0 Å². The molecule has 2 aromatic carbocycles. The lowest BCUT2D eigenvalue weighted by molar-refractivity contribution is 0.0177. The number of phenols is 2. The smallest absolute Gasteiger partial charge is 0.160 e. The maximum atomic E-state index is 10.9. The Bertz CT molecular complexity index is 756. The minimum absolute atomic E-state index is 0.140. The van der Waals surface area contributed by atoms with E-state index in [1.807, 2.05) is 31.2 Å². The Morgan fingerprint density at radius 2 is 1.50 bits per heavy atom. The molecule has 1 saturated carbocycles. The summed E-state index contributed by atoms with van der Waals surface area (Å²) in [4.78, 5) is 0. The highest BCUT2D eigenvalue weighted by atomic mass is 16.5. The average molecular weight is 356 g/mol. The molecule has 3 rings (SSSR count). The molecule has 1 fully saturated rings. The molecule has 0 amide bonds. The highest BCUT2D eigenvalue weighted by Gasteiger charge is 2.32. The van der Waals surface area contributed by atoms with Crippen molar-refractivity contribution in [1.29, 1.82) is 0 Å². The lowest BCUT2D eigenvalue weighted by atomic mass is 9.74. The first-order valence-electron chi connectivity index (χ1n) is 9.30. The van der Waals surface area contributed by atoms with E-state index in [-0.39, 0.29) is 23.7 Å². The normalized spacial score (nSPS) is 23.0. The molecule has 1 aliphatic carbocycles. The van der Waals surface area contributed by atoms with Crippen LogP contribution in [0.4, 0.5) is 0 Å². The number of ether oxygens (including phenoxy) is 1. The van der Waals surface area contributed by atoms with Gasteiger partial charge in [0.25, 0.3) is 0 Å². The molecule has 3 N–H and O–H groups in total. The quantitative estimate of drug-likeness (QED) is 0.758. The standard InChI is InChI=1S/C22H28O4/c1-14-10-15(6-8-19(14)23)11-17-4-3-5-18(22(17)25)12-16-7-9-20(24)21(13-16)26-2/h6-10,13,17-18,22-25H,3-5,11-12H2,1-2H3. The highest BCUT2D eigenvalue weighted by molar-refractivity contribution is 5.42. The van der Waals surface area contributed by atoms with Crippen molar-refractivity contribution in [2.45, 2.75) is 45.1 Å². The van der Waals surface area contributed by atoms with Crippen LogP contribution < -0.4 is 4.74 Å². The van der Waals surface area contributed by atoms with Gasteiger partial charge in [0.15, 0.2) is 11.5 Å². The van der Waals surface area contributed by atoms with Gasteiger partial charge in [0.05, 0.1) is 13.2 Å². The second-order valence-electron chi connectivity index (χ2n) is 7.48. The third-order valence-electron chi connectivity index (χ3n) is 5.62. The summed E-state index contributed by atoms with van der Waals surface area (Å²) >= 11 is 0. The largest absolute Gasteiger partial charge is 0.508 e. The van der Waals surface area contributed by atoms with Crippen LogP contribution in [0.25, 0.3) is 0 Å². The fourth-order valence-corrected chi connectivity index (χ4v) is 4.11. The summed E-state index contributed by atoms with van der Waals surface area (Å²) < 4.78 is 5.19. The van der Waals surface area contributed by atoms with Crippen LogP contribution in [-0.4, -0.2) is 28.5 Å². The minimum Gasteiger partial charge on any atom is -0.508 e. The van der Waals surface area contributed by atoms with Crippen LogP contribution in [0, 0.1) is 18.8 Å². The number of hydrogen-bond acceptors (Lipinski definition) is 4. The second-order valence-corrected chi connectivity index (χ2v) is 7.48. The first-order chi connectivity index (χ1) is 12.5. The molecule has 0 aliphatic heterocycles. The van der Waals surface area contributed by atoms with Crippen LogP contribution in [0.15, 0.2) is 36.4 Å². The SMILES string of the molecule is COc1cc(CC2CCCC(Cc3ccc(O)c(C)c3)C2O)ccc1O. The lowest BCUT2D eigenvalue weighted by Crippen LogP contribution is -2.35. The summed E-state index contributed by atoms with van der Waals surface area (Å²) in [5.74, 6) is 1.37. The van der Waals surface area contributed by atoms with E-state index in [2.05, 4.69) is 0 Å². The molecular weight excluding hydrogens is 328 g/mol. The number of benzene rings is 2. The summed E-state index contributed by atoms with van der Waals surface area (Å²) in [5, 5.41) is 30.4. The van der Waals surface area contributed by atoms with Crippen LogP contribution in [0.5, 0.6) is 17.2 Å². The molecule has 0 bridgehead atoms. The van der Waals surface area contributed by atoms with Gasteiger partial charge in [0, 0.05) is 0 Å². The van der Waals surface area contributed by atoms with Crippen molar-refractivity contribution in [3.63, 3.8) is 0 Å². The zero-order chi connectivity index (χ0) is 18.7. The Hall–Kier alpha value is -2.20. The second kappa shape index (κ2) is 8.00. The number of aryl methyl sites for hydroxylation is 1. The van der Waals surface area contributed by atoms with Crippen molar-refractivity contribution < 1.29 is 20.1 Å². The van der Waals surface area contributed by atoms with Crippen LogP contribution >= 0.6 is 0 Å². The van der Waals surface area contributed by atoms with Gasteiger partial charge in [-0.05, 0) is 79.3 Å². The molecule has 0 spiro atoms. The number of hydrogen-bond donors (Lipinski definition) is 3. The van der Waals surface area contributed by atoms with Gasteiger partial charge in [-0.15, -0.1) is 0 Å². The topological polar surface area (TPSA) is 69.9 Å². The Labute approximate surface area is 155 Å². The van der Waals surface area contributed by atoms with E-state index in [1.165, 1.54) is 0 Å². The van der Waals surface area contributed by atoms with E-state index < -0.39 is 0 Å². The summed E-state index contributed by atoms with van der Waals surface area (Å²) in [7, 11) is 1.55. The van der Waals surface area contributed by atoms with Gasteiger partial charge in [-0.1, -0.05) is 24.6 Å². The van der Waals surface area contributed by atoms with Crippen LogP contribution in [0.2, 0.25) is 0 Å². The Morgan fingerprint density at radius 3 is 2.08 bits per heavy atom. The molecular formula is C22H28O4. The summed E-state index contributed by atoms with van der Waals surface area (Å²) in [6.45, 7) is 1.90. The van der Waals surface area contributed by atoms with E-state index in [9.17, 15) is 15.3 Å². The highest BCUT2D eigenvalue weighted by Crippen LogP contribution is 2.36. The monoisotopic (exact) mass is 356 g/mol. The van der Waals surface area contributed by atoms with Crippen LogP contribution in [0.1, 0.15) is 36.0 Å². The lowest BCUT2D eigenvalue weighted by Gasteiger charge is -2.35. The predicted octanol–water partition coefficient (Wildman–Crippen LogP) is 3.98. The molecule has 4 nitrogen and oxygen atoms in total. The van der Waals surface area contributed by atoms with Gasteiger partial charge >= 0.3 is 0 Å². The third kappa shape index (κ3) is 4.13. The Morgan fingerprint density at radius 1 is 0.923 bits per heavy atom. The molecule has 4 heteroatoms. The van der Waals surface area contributed by atoms with E-state index in [4.69, 9.17) is 4.74 Å². The number of methoxy groups -OCH3 is 1. The van der Waals surface area contributed by atoms with Crippen LogP contribution in [0.3, 0.4) is 0 Å². The fraction of sp³-hybridized carbons (Fsp3) is 0.455. The molecule has 2 aromatic rings. The van der Waals surface area contributed by atoms with Crippen molar-refractivity contribution in [2.75, 3.05) is 7.11 Å². The molecule has 0 radical (unpaired) electrons. The van der Waals surface area contributed by atoms with Crippen LogP contribution in [-0.2, 0) is 12.8 Å². The van der Waals surface area contributed by atoms with E-state index in [1.54, 1.807) is 19.2 Å². The summed E-state index contributed by atoms with van der Waals surface area (Å²) in [5.41, 5.74) is 3.11. The molecule has 0 heterocycles. The molecule has 0 saturated heterocycles. The molecule has 1 aliphatic rings. The average Bonchev–Trinajstić information content (AvgIpc) is 2.63. The number of aliphatic hydroxyl groups is 1. The predicted molar refractivity (Wildman–Crippen MR) is 102 cm³/mol. The van der Waals surface area contributed by atoms with Gasteiger partial charge in [0.1, 0.15) is 5.75 Å². The third-order valence-corrected chi connectivity index (χ3v) is 5.62. The first kappa shape index (κ1) is 18.6. The number of rotatable bonds is 5. The van der Waals surface area contributed by atoms with Gasteiger partial charge in [0.2, 0.25) is 0 Å². The maximum absolute atomic E-state index is 10.9. The van der Waals surface area contributed by atoms with Crippen molar-refractivity contribution in [3.8, 4) is 17.2 Å². The molecule has 3 atom stereocenters. The zero-order valence-electron chi connectivity index (χ0n) is 15.5. The van der Waals surface area contributed by atoms with Gasteiger partial charge in [-0.25, -0.2) is 0 Å². The van der Waals surface area contributed by atoms with E-state index in [0.29, 0.717) is 11.5 Å². The van der Waals surface area contributed by atoms with Crippen molar-refractivity contribution in [3.05, 3.63) is 53.1 Å². The van der Waals surface area contributed by atoms with Gasteiger partial charge < -0.3 is 20.1 Å². The minimum atomic E-state index is -0.349. The Kier molecular flexibility index (Phi) is 5.72. The number of phenolic OH excluding ortho intramolecular Hbond substituents is 2.